The van der Waals surface area contributed by atoms with Crippen molar-refractivity contribution in [1.82, 2.24) is 9.97 Å². The summed E-state index contributed by atoms with van der Waals surface area (Å²) >= 11 is 0. The van der Waals surface area contributed by atoms with Crippen molar-refractivity contribution >= 4 is 0 Å². The standard InChI is InChI=1S/C7H9N3O/c8-5-1-4-11-7-6(5)9-2-3-10-7/h2-3,5H,1,4,8H2. The predicted octanol–water partition coefficient (Wildman–Crippen LogP) is 0.259. The first-order valence-electron chi connectivity index (χ1n) is 3.57. The number of aromatic nitrogens is 2. The summed E-state index contributed by atoms with van der Waals surface area (Å²) in [4.78, 5) is 8.09. The van der Waals surface area contributed by atoms with Crippen LogP contribution >= 0.6 is 0 Å². The molecule has 0 spiro atoms. The van der Waals surface area contributed by atoms with Crippen LogP contribution in [0.3, 0.4) is 0 Å². The molecule has 1 aliphatic rings. The van der Waals surface area contributed by atoms with Crippen molar-refractivity contribution in [2.75, 3.05) is 6.61 Å². The molecule has 0 aromatic carbocycles. The van der Waals surface area contributed by atoms with Crippen LogP contribution in [0.1, 0.15) is 18.2 Å². The summed E-state index contributed by atoms with van der Waals surface area (Å²) in [7, 11) is 0. The van der Waals surface area contributed by atoms with Gasteiger partial charge in [-0.05, 0) is 0 Å². The number of nitrogens with two attached hydrogens (primary N) is 1. The highest BCUT2D eigenvalue weighted by atomic mass is 16.5. The summed E-state index contributed by atoms with van der Waals surface area (Å²) in [6, 6.07) is -0.00699. The molecule has 4 nitrogen and oxygen atoms in total. The molecule has 0 saturated carbocycles. The Morgan fingerprint density at radius 1 is 1.45 bits per heavy atom. The molecule has 0 aliphatic carbocycles. The van der Waals surface area contributed by atoms with Crippen LogP contribution in [0.4, 0.5) is 0 Å². The number of hydrogen-bond acceptors (Lipinski definition) is 4. The summed E-state index contributed by atoms with van der Waals surface area (Å²) in [5.41, 5.74) is 6.54. The van der Waals surface area contributed by atoms with Gasteiger partial charge in [0.05, 0.1) is 12.6 Å². The van der Waals surface area contributed by atoms with Crippen LogP contribution in [-0.2, 0) is 0 Å². The van der Waals surface area contributed by atoms with E-state index in [0.29, 0.717) is 12.5 Å². The maximum atomic E-state index is 5.76. The topological polar surface area (TPSA) is 61.0 Å². The van der Waals surface area contributed by atoms with Gasteiger partial charge in [0.25, 0.3) is 0 Å². The van der Waals surface area contributed by atoms with Crippen LogP contribution in [-0.4, -0.2) is 16.6 Å². The minimum absolute atomic E-state index is 0.00699. The van der Waals surface area contributed by atoms with E-state index in [1.165, 1.54) is 0 Å². The molecule has 1 atom stereocenters. The van der Waals surface area contributed by atoms with Crippen LogP contribution in [0.25, 0.3) is 0 Å². The SMILES string of the molecule is NC1CCOc2nccnc21. The first-order valence-corrected chi connectivity index (χ1v) is 3.57. The van der Waals surface area contributed by atoms with E-state index in [0.717, 1.165) is 12.1 Å². The molecule has 2 heterocycles. The molecular weight excluding hydrogens is 142 g/mol. The molecule has 1 aliphatic heterocycles. The van der Waals surface area contributed by atoms with E-state index in [4.69, 9.17) is 10.5 Å². The Kier molecular flexibility index (Phi) is 1.47. The molecular formula is C7H9N3O. The summed E-state index contributed by atoms with van der Waals surface area (Å²) < 4.78 is 5.24. The summed E-state index contributed by atoms with van der Waals surface area (Å²) in [5, 5.41) is 0. The van der Waals surface area contributed by atoms with E-state index in [2.05, 4.69) is 9.97 Å². The van der Waals surface area contributed by atoms with Gasteiger partial charge in [0, 0.05) is 18.8 Å². The third kappa shape index (κ3) is 1.05. The normalized spacial score (nSPS) is 22.1. The number of rotatable bonds is 0. The first-order chi connectivity index (χ1) is 5.38. The van der Waals surface area contributed by atoms with Gasteiger partial charge in [-0.3, -0.25) is 4.98 Å². The van der Waals surface area contributed by atoms with E-state index >= 15 is 0 Å². The second kappa shape index (κ2) is 2.47. The fraction of sp³-hybridized carbons (Fsp3) is 0.429. The Bertz CT molecular complexity index is 264. The molecule has 11 heavy (non-hydrogen) atoms. The lowest BCUT2D eigenvalue weighted by atomic mass is 10.1. The third-order valence-electron chi connectivity index (χ3n) is 1.71. The van der Waals surface area contributed by atoms with Crippen molar-refractivity contribution in [1.29, 1.82) is 0 Å². The smallest absolute Gasteiger partial charge is 0.237 e. The van der Waals surface area contributed by atoms with Crippen LogP contribution in [0.15, 0.2) is 12.4 Å². The second-order valence-corrected chi connectivity index (χ2v) is 2.49. The minimum atomic E-state index is -0.00699. The molecule has 1 unspecified atom stereocenters. The lowest BCUT2D eigenvalue weighted by Gasteiger charge is -2.19. The maximum Gasteiger partial charge on any atom is 0.237 e. The highest BCUT2D eigenvalue weighted by Gasteiger charge is 2.19. The van der Waals surface area contributed by atoms with Crippen molar-refractivity contribution in [2.24, 2.45) is 5.73 Å². The van der Waals surface area contributed by atoms with Crippen LogP contribution in [0, 0.1) is 0 Å². The zero-order chi connectivity index (χ0) is 7.68. The van der Waals surface area contributed by atoms with Gasteiger partial charge >= 0.3 is 0 Å². The molecule has 1 aromatic rings. The Morgan fingerprint density at radius 2 is 2.27 bits per heavy atom. The molecule has 0 bridgehead atoms. The van der Waals surface area contributed by atoms with Crippen molar-refractivity contribution in [3.05, 3.63) is 18.1 Å². The van der Waals surface area contributed by atoms with Gasteiger partial charge in [-0.25, -0.2) is 4.98 Å². The van der Waals surface area contributed by atoms with E-state index < -0.39 is 0 Å². The Balaban J connectivity index is 2.44. The Hall–Kier alpha value is -1.16. The lowest BCUT2D eigenvalue weighted by molar-refractivity contribution is 0.253. The summed E-state index contributed by atoms with van der Waals surface area (Å²) in [6.07, 6.45) is 4.07. The largest absolute Gasteiger partial charge is 0.476 e. The molecule has 0 radical (unpaired) electrons. The van der Waals surface area contributed by atoms with E-state index in [1.807, 2.05) is 0 Å². The summed E-state index contributed by atoms with van der Waals surface area (Å²) in [6.45, 7) is 0.646. The summed E-state index contributed by atoms with van der Waals surface area (Å²) in [5.74, 6) is 0.589. The van der Waals surface area contributed by atoms with Crippen LogP contribution in [0.2, 0.25) is 0 Å². The highest BCUT2D eigenvalue weighted by Crippen LogP contribution is 2.24. The van der Waals surface area contributed by atoms with E-state index in [-0.39, 0.29) is 6.04 Å². The highest BCUT2D eigenvalue weighted by molar-refractivity contribution is 5.22. The van der Waals surface area contributed by atoms with Gasteiger partial charge in [-0.2, -0.15) is 0 Å². The molecule has 4 heteroatoms. The monoisotopic (exact) mass is 151 g/mol. The first kappa shape index (κ1) is 6.54. The molecule has 2 rings (SSSR count). The quantitative estimate of drug-likeness (QED) is 0.577. The van der Waals surface area contributed by atoms with Crippen LogP contribution < -0.4 is 10.5 Å². The van der Waals surface area contributed by atoms with Gasteiger partial charge < -0.3 is 10.5 Å². The molecule has 0 saturated heterocycles. The average molecular weight is 151 g/mol. The molecule has 0 amide bonds. The predicted molar refractivity (Wildman–Crippen MR) is 39.1 cm³/mol. The Labute approximate surface area is 64.4 Å². The van der Waals surface area contributed by atoms with Crippen molar-refractivity contribution in [3.63, 3.8) is 0 Å². The second-order valence-electron chi connectivity index (χ2n) is 2.49. The molecule has 1 aromatic heterocycles. The van der Waals surface area contributed by atoms with Gasteiger partial charge in [-0.15, -0.1) is 0 Å². The lowest BCUT2D eigenvalue weighted by Crippen LogP contribution is -2.22. The fourth-order valence-corrected chi connectivity index (χ4v) is 1.12. The van der Waals surface area contributed by atoms with Crippen molar-refractivity contribution in [3.8, 4) is 5.88 Å². The minimum Gasteiger partial charge on any atom is -0.476 e. The molecule has 58 valence electrons. The Morgan fingerprint density at radius 3 is 3.09 bits per heavy atom. The van der Waals surface area contributed by atoms with Gasteiger partial charge in [-0.1, -0.05) is 0 Å². The zero-order valence-corrected chi connectivity index (χ0v) is 6.03. The third-order valence-corrected chi connectivity index (χ3v) is 1.71. The molecule has 0 fully saturated rings. The average Bonchev–Trinajstić information content (AvgIpc) is 2.06. The van der Waals surface area contributed by atoms with Gasteiger partial charge in [0.1, 0.15) is 5.69 Å². The zero-order valence-electron chi connectivity index (χ0n) is 6.03. The van der Waals surface area contributed by atoms with Gasteiger partial charge in [0.2, 0.25) is 5.88 Å². The van der Waals surface area contributed by atoms with Gasteiger partial charge in [0.15, 0.2) is 0 Å². The number of ether oxygens (including phenoxy) is 1. The maximum absolute atomic E-state index is 5.76. The number of nitrogens with zero attached hydrogens (tertiary/aromatic N) is 2. The van der Waals surface area contributed by atoms with Crippen molar-refractivity contribution in [2.45, 2.75) is 12.5 Å². The van der Waals surface area contributed by atoms with E-state index in [1.54, 1.807) is 12.4 Å². The number of fused-ring (bicyclic) bond motifs is 1. The number of hydrogen-bond donors (Lipinski definition) is 1. The van der Waals surface area contributed by atoms with Crippen LogP contribution in [0.5, 0.6) is 5.88 Å². The molecule has 2 N–H and O–H groups in total. The van der Waals surface area contributed by atoms with Crippen molar-refractivity contribution < 1.29 is 4.74 Å². The fourth-order valence-electron chi connectivity index (χ4n) is 1.12. The van der Waals surface area contributed by atoms with E-state index in [9.17, 15) is 0 Å².